The van der Waals surface area contributed by atoms with Gasteiger partial charge in [0.05, 0.1) is 34.9 Å². The third-order valence-corrected chi connectivity index (χ3v) is 8.16. The lowest BCUT2D eigenvalue weighted by Crippen LogP contribution is -2.40. The Balaban J connectivity index is 1.52. The van der Waals surface area contributed by atoms with Crippen LogP contribution in [0.25, 0.3) is 11.0 Å². The molecule has 0 saturated carbocycles. The minimum Gasteiger partial charge on any atom is -0.379 e. The van der Waals surface area contributed by atoms with E-state index in [1.165, 1.54) is 16.1 Å². The van der Waals surface area contributed by atoms with Gasteiger partial charge in [0.1, 0.15) is 0 Å². The first-order valence-corrected chi connectivity index (χ1v) is 13.0. The van der Waals surface area contributed by atoms with Gasteiger partial charge in [-0.15, -0.1) is 0 Å². The van der Waals surface area contributed by atoms with Gasteiger partial charge in [0.25, 0.3) is 0 Å². The summed E-state index contributed by atoms with van der Waals surface area (Å²) in [4.78, 5) is 17.2. The molecular weight excluding hydrogens is 472 g/mol. The number of hydrogen-bond acceptors (Lipinski definition) is 6. The molecule has 170 valence electrons. The van der Waals surface area contributed by atoms with Crippen LogP contribution in [0.3, 0.4) is 0 Å². The average Bonchev–Trinajstić information content (AvgIpc) is 3.15. The maximum atomic E-state index is 13.0. The fourth-order valence-corrected chi connectivity index (χ4v) is 5.99. The van der Waals surface area contributed by atoms with E-state index in [0.717, 1.165) is 5.52 Å². The van der Waals surface area contributed by atoms with Gasteiger partial charge in [-0.05, 0) is 43.3 Å². The van der Waals surface area contributed by atoms with Crippen LogP contribution in [0.5, 0.6) is 0 Å². The number of hydrogen-bond donors (Lipinski definition) is 1. The SMILES string of the molecule is CCn1c(SCC(=O)Nc2cccc(Cl)c2)nc2cc(S(=O)(=O)N3CCOCC3)ccc21. The van der Waals surface area contributed by atoms with Crippen LogP contribution in [0, 0.1) is 0 Å². The van der Waals surface area contributed by atoms with Crippen molar-refractivity contribution in [2.24, 2.45) is 0 Å². The summed E-state index contributed by atoms with van der Waals surface area (Å²) in [6.45, 7) is 4.09. The number of amides is 1. The zero-order valence-corrected chi connectivity index (χ0v) is 19.8. The Morgan fingerprint density at radius 1 is 1.22 bits per heavy atom. The van der Waals surface area contributed by atoms with Gasteiger partial charge in [0, 0.05) is 30.3 Å². The summed E-state index contributed by atoms with van der Waals surface area (Å²) >= 11 is 7.26. The molecule has 1 amide bonds. The number of anilines is 1. The highest BCUT2D eigenvalue weighted by Gasteiger charge is 2.27. The summed E-state index contributed by atoms with van der Waals surface area (Å²) in [7, 11) is -3.61. The number of thioether (sulfide) groups is 1. The number of carbonyl (C=O) groups excluding carboxylic acids is 1. The predicted octanol–water partition coefficient (Wildman–Crippen LogP) is 3.46. The number of sulfonamides is 1. The lowest BCUT2D eigenvalue weighted by molar-refractivity contribution is -0.113. The quantitative estimate of drug-likeness (QED) is 0.505. The van der Waals surface area contributed by atoms with E-state index in [4.69, 9.17) is 16.3 Å². The van der Waals surface area contributed by atoms with Crippen molar-refractivity contribution < 1.29 is 17.9 Å². The van der Waals surface area contributed by atoms with Crippen LogP contribution in [0.2, 0.25) is 5.02 Å². The predicted molar refractivity (Wildman–Crippen MR) is 126 cm³/mol. The molecule has 8 nitrogen and oxygen atoms in total. The van der Waals surface area contributed by atoms with E-state index in [0.29, 0.717) is 54.2 Å². The van der Waals surface area contributed by atoms with Gasteiger partial charge in [-0.3, -0.25) is 4.79 Å². The third kappa shape index (κ3) is 4.94. The second-order valence-corrected chi connectivity index (χ2v) is 10.5. The maximum Gasteiger partial charge on any atom is 0.243 e. The number of imidazole rings is 1. The summed E-state index contributed by atoms with van der Waals surface area (Å²) in [5.41, 5.74) is 2.04. The van der Waals surface area contributed by atoms with Gasteiger partial charge < -0.3 is 14.6 Å². The molecule has 0 aliphatic carbocycles. The Kier molecular flexibility index (Phi) is 7.06. The molecule has 32 heavy (non-hydrogen) atoms. The fraction of sp³-hybridized carbons (Fsp3) is 0.333. The molecule has 1 aliphatic rings. The van der Waals surface area contributed by atoms with Crippen molar-refractivity contribution in [1.29, 1.82) is 0 Å². The smallest absolute Gasteiger partial charge is 0.243 e. The van der Waals surface area contributed by atoms with Gasteiger partial charge in [-0.2, -0.15) is 4.31 Å². The number of aromatic nitrogens is 2. The molecule has 0 atom stereocenters. The monoisotopic (exact) mass is 494 g/mol. The summed E-state index contributed by atoms with van der Waals surface area (Å²) in [5.74, 6) is -0.0167. The second kappa shape index (κ2) is 9.80. The number of rotatable bonds is 7. The van der Waals surface area contributed by atoms with E-state index in [-0.39, 0.29) is 16.6 Å². The number of nitrogens with one attached hydrogen (secondary N) is 1. The number of morpholine rings is 1. The van der Waals surface area contributed by atoms with Crippen molar-refractivity contribution >= 4 is 56.0 Å². The summed E-state index contributed by atoms with van der Waals surface area (Å²) in [6, 6.07) is 11.9. The van der Waals surface area contributed by atoms with Gasteiger partial charge in [0.15, 0.2) is 5.16 Å². The van der Waals surface area contributed by atoms with Crippen LogP contribution in [-0.4, -0.2) is 60.2 Å². The van der Waals surface area contributed by atoms with Gasteiger partial charge in [0.2, 0.25) is 15.9 Å². The number of benzene rings is 2. The average molecular weight is 495 g/mol. The summed E-state index contributed by atoms with van der Waals surface area (Å²) < 4.78 is 34.6. The molecule has 1 N–H and O–H groups in total. The van der Waals surface area contributed by atoms with E-state index in [9.17, 15) is 13.2 Å². The van der Waals surface area contributed by atoms with Crippen LogP contribution in [0.4, 0.5) is 5.69 Å². The van der Waals surface area contributed by atoms with Crippen LogP contribution in [-0.2, 0) is 26.1 Å². The molecule has 0 unspecified atom stereocenters. The lowest BCUT2D eigenvalue weighted by atomic mass is 10.3. The van der Waals surface area contributed by atoms with Crippen molar-refractivity contribution in [3.8, 4) is 0 Å². The third-order valence-electron chi connectivity index (χ3n) is 5.05. The number of fused-ring (bicyclic) bond motifs is 1. The molecule has 1 saturated heterocycles. The number of ether oxygens (including phenoxy) is 1. The van der Waals surface area contributed by atoms with Crippen molar-refractivity contribution in [2.75, 3.05) is 37.4 Å². The maximum absolute atomic E-state index is 13.0. The van der Waals surface area contributed by atoms with Crippen molar-refractivity contribution in [1.82, 2.24) is 13.9 Å². The first kappa shape index (κ1) is 23.1. The van der Waals surface area contributed by atoms with Crippen LogP contribution in [0.15, 0.2) is 52.5 Å². The van der Waals surface area contributed by atoms with Crippen molar-refractivity contribution in [3.05, 3.63) is 47.5 Å². The molecule has 0 bridgehead atoms. The Hall–Kier alpha value is -2.11. The van der Waals surface area contributed by atoms with E-state index in [2.05, 4.69) is 10.3 Å². The largest absolute Gasteiger partial charge is 0.379 e. The normalized spacial score (nSPS) is 15.2. The van der Waals surface area contributed by atoms with Crippen LogP contribution in [0.1, 0.15) is 6.92 Å². The number of nitrogens with zero attached hydrogens (tertiary/aromatic N) is 3. The Bertz CT molecular complexity index is 1240. The molecule has 3 aromatic rings. The molecule has 0 spiro atoms. The van der Waals surface area contributed by atoms with Crippen molar-refractivity contribution in [2.45, 2.75) is 23.5 Å². The highest BCUT2D eigenvalue weighted by molar-refractivity contribution is 7.99. The van der Waals surface area contributed by atoms with E-state index in [1.54, 1.807) is 42.5 Å². The first-order chi connectivity index (χ1) is 15.4. The standard InChI is InChI=1S/C21H23ClN4O4S2/c1-2-26-19-7-6-17(32(28,29)25-8-10-30-11-9-25)13-18(19)24-21(26)31-14-20(27)23-16-5-3-4-15(22)12-16/h3-7,12-13H,2,8-11,14H2,1H3,(H,23,27). The summed E-state index contributed by atoms with van der Waals surface area (Å²) in [5, 5.41) is 4.02. The molecule has 0 radical (unpaired) electrons. The topological polar surface area (TPSA) is 93.5 Å². The minimum absolute atomic E-state index is 0.161. The van der Waals surface area contributed by atoms with Gasteiger partial charge in [-0.1, -0.05) is 29.4 Å². The van der Waals surface area contributed by atoms with E-state index >= 15 is 0 Å². The highest BCUT2D eigenvalue weighted by atomic mass is 35.5. The molecule has 4 rings (SSSR count). The van der Waals surface area contributed by atoms with Crippen LogP contribution < -0.4 is 5.32 Å². The van der Waals surface area contributed by atoms with Gasteiger partial charge >= 0.3 is 0 Å². The number of halogens is 1. The molecule has 1 aromatic heterocycles. The zero-order valence-electron chi connectivity index (χ0n) is 17.5. The van der Waals surface area contributed by atoms with Crippen LogP contribution >= 0.6 is 23.4 Å². The first-order valence-electron chi connectivity index (χ1n) is 10.1. The minimum atomic E-state index is -3.61. The van der Waals surface area contributed by atoms with E-state index < -0.39 is 10.0 Å². The number of aryl methyl sites for hydroxylation is 1. The molecule has 2 aromatic carbocycles. The fourth-order valence-electron chi connectivity index (χ4n) is 3.49. The number of carbonyl (C=O) groups is 1. The Morgan fingerprint density at radius 2 is 2.00 bits per heavy atom. The Labute approximate surface area is 195 Å². The zero-order chi connectivity index (χ0) is 22.7. The lowest BCUT2D eigenvalue weighted by Gasteiger charge is -2.26. The van der Waals surface area contributed by atoms with Gasteiger partial charge in [-0.25, -0.2) is 13.4 Å². The molecule has 11 heteroatoms. The summed E-state index contributed by atoms with van der Waals surface area (Å²) in [6.07, 6.45) is 0. The molecular formula is C21H23ClN4O4S2. The van der Waals surface area contributed by atoms with Crippen molar-refractivity contribution in [3.63, 3.8) is 0 Å². The molecule has 2 heterocycles. The Morgan fingerprint density at radius 3 is 2.72 bits per heavy atom. The molecule has 1 aliphatic heterocycles. The van der Waals surface area contributed by atoms with E-state index in [1.807, 2.05) is 11.5 Å². The molecule has 1 fully saturated rings. The highest BCUT2D eigenvalue weighted by Crippen LogP contribution is 2.28. The second-order valence-electron chi connectivity index (χ2n) is 7.15.